The number of alkyl halides is 3. The van der Waals surface area contributed by atoms with Gasteiger partial charge in [-0.05, 0) is 24.1 Å². The van der Waals surface area contributed by atoms with Crippen molar-refractivity contribution in [3.05, 3.63) is 68.2 Å². The van der Waals surface area contributed by atoms with E-state index in [1.54, 1.807) is 6.07 Å². The SMILES string of the molecule is Cc1c(Cc2cnn3c(=O)cc(Cl)[nH]c23)cccc1C(F)(F)F. The lowest BCUT2D eigenvalue weighted by Gasteiger charge is -2.13. The molecular weight excluding hydrogens is 331 g/mol. The van der Waals surface area contributed by atoms with Crippen LogP contribution in [0, 0.1) is 6.92 Å². The molecule has 0 aliphatic carbocycles. The van der Waals surface area contributed by atoms with Crippen LogP contribution >= 0.6 is 11.6 Å². The predicted molar refractivity (Wildman–Crippen MR) is 79.8 cm³/mol. The van der Waals surface area contributed by atoms with Crippen LogP contribution in [0.2, 0.25) is 5.15 Å². The molecule has 2 aromatic heterocycles. The van der Waals surface area contributed by atoms with E-state index in [0.29, 0.717) is 16.8 Å². The van der Waals surface area contributed by atoms with Gasteiger partial charge in [-0.1, -0.05) is 23.7 Å². The number of halogens is 4. The van der Waals surface area contributed by atoms with Crippen molar-refractivity contribution in [3.63, 3.8) is 0 Å². The molecule has 3 aromatic rings. The van der Waals surface area contributed by atoms with Crippen molar-refractivity contribution in [1.29, 1.82) is 0 Å². The number of hydrogen-bond acceptors (Lipinski definition) is 2. The van der Waals surface area contributed by atoms with Gasteiger partial charge in [0.25, 0.3) is 5.56 Å². The molecule has 23 heavy (non-hydrogen) atoms. The zero-order chi connectivity index (χ0) is 16.8. The standard InChI is InChI=1S/C15H11ClF3N3O/c1-8-9(3-2-4-11(8)15(17,18)19)5-10-7-20-22-13(23)6-12(16)21-14(10)22/h2-4,6-7,21H,5H2,1H3. The van der Waals surface area contributed by atoms with Crippen molar-refractivity contribution in [2.75, 3.05) is 0 Å². The molecule has 0 spiro atoms. The zero-order valence-electron chi connectivity index (χ0n) is 11.9. The molecule has 4 nitrogen and oxygen atoms in total. The van der Waals surface area contributed by atoms with E-state index < -0.39 is 17.3 Å². The van der Waals surface area contributed by atoms with E-state index in [0.717, 1.165) is 10.6 Å². The Balaban J connectivity index is 2.09. The second-order valence-electron chi connectivity index (χ2n) is 5.15. The highest BCUT2D eigenvalue weighted by atomic mass is 35.5. The average Bonchev–Trinajstić information content (AvgIpc) is 2.83. The Hall–Kier alpha value is -2.28. The Labute approximate surface area is 133 Å². The minimum absolute atomic E-state index is 0.144. The van der Waals surface area contributed by atoms with E-state index in [1.807, 2.05) is 0 Å². The molecule has 0 aliphatic rings. The molecule has 3 rings (SSSR count). The second kappa shape index (κ2) is 5.42. The van der Waals surface area contributed by atoms with Crippen molar-refractivity contribution in [2.45, 2.75) is 19.5 Å². The first-order valence-corrected chi connectivity index (χ1v) is 7.06. The van der Waals surface area contributed by atoms with Gasteiger partial charge >= 0.3 is 6.18 Å². The van der Waals surface area contributed by atoms with Gasteiger partial charge in [-0.2, -0.15) is 22.8 Å². The Kier molecular flexibility index (Phi) is 3.68. The molecule has 0 radical (unpaired) electrons. The number of nitrogens with one attached hydrogen (secondary N) is 1. The van der Waals surface area contributed by atoms with Gasteiger partial charge in [-0.3, -0.25) is 4.79 Å². The zero-order valence-corrected chi connectivity index (χ0v) is 12.7. The van der Waals surface area contributed by atoms with Crippen LogP contribution in [0.25, 0.3) is 5.65 Å². The van der Waals surface area contributed by atoms with Crippen LogP contribution in [0.1, 0.15) is 22.3 Å². The van der Waals surface area contributed by atoms with Crippen LogP contribution in [0.3, 0.4) is 0 Å². The molecule has 120 valence electrons. The van der Waals surface area contributed by atoms with Gasteiger partial charge in [0.05, 0.1) is 11.8 Å². The minimum Gasteiger partial charge on any atom is -0.330 e. The molecule has 2 heterocycles. The molecule has 0 atom stereocenters. The van der Waals surface area contributed by atoms with E-state index in [4.69, 9.17) is 11.6 Å². The van der Waals surface area contributed by atoms with Crippen molar-refractivity contribution in [2.24, 2.45) is 0 Å². The fourth-order valence-electron chi connectivity index (χ4n) is 2.52. The maximum Gasteiger partial charge on any atom is 0.416 e. The predicted octanol–water partition coefficient (Wildman–Crippen LogP) is 3.59. The van der Waals surface area contributed by atoms with Gasteiger partial charge in [0, 0.05) is 18.1 Å². The maximum atomic E-state index is 13.0. The lowest BCUT2D eigenvalue weighted by Crippen LogP contribution is -2.13. The number of aromatic nitrogens is 3. The summed E-state index contributed by atoms with van der Waals surface area (Å²) in [7, 11) is 0. The fourth-order valence-corrected chi connectivity index (χ4v) is 2.70. The summed E-state index contributed by atoms with van der Waals surface area (Å²) in [5, 5.41) is 4.09. The summed E-state index contributed by atoms with van der Waals surface area (Å²) in [6, 6.07) is 5.22. The Morgan fingerprint density at radius 2 is 2.04 bits per heavy atom. The van der Waals surface area contributed by atoms with E-state index in [-0.39, 0.29) is 17.1 Å². The third kappa shape index (κ3) is 2.84. The highest BCUT2D eigenvalue weighted by molar-refractivity contribution is 6.29. The van der Waals surface area contributed by atoms with E-state index in [2.05, 4.69) is 10.1 Å². The Morgan fingerprint density at radius 1 is 1.30 bits per heavy atom. The molecule has 0 saturated heterocycles. The average molecular weight is 342 g/mol. The van der Waals surface area contributed by atoms with Gasteiger partial charge in [-0.15, -0.1) is 0 Å². The fraction of sp³-hybridized carbons (Fsp3) is 0.200. The number of fused-ring (bicyclic) bond motifs is 1. The van der Waals surface area contributed by atoms with Crippen LogP contribution in [0.5, 0.6) is 0 Å². The quantitative estimate of drug-likeness (QED) is 0.724. The topological polar surface area (TPSA) is 50.2 Å². The molecule has 0 aliphatic heterocycles. The van der Waals surface area contributed by atoms with Crippen molar-refractivity contribution < 1.29 is 13.2 Å². The summed E-state index contributed by atoms with van der Waals surface area (Å²) >= 11 is 5.83. The van der Waals surface area contributed by atoms with E-state index >= 15 is 0 Å². The third-order valence-electron chi connectivity index (χ3n) is 3.67. The van der Waals surface area contributed by atoms with Crippen LogP contribution < -0.4 is 5.56 Å². The third-order valence-corrected chi connectivity index (χ3v) is 3.88. The van der Waals surface area contributed by atoms with Gasteiger partial charge < -0.3 is 4.98 Å². The highest BCUT2D eigenvalue weighted by Crippen LogP contribution is 2.33. The Bertz CT molecular complexity index is 943. The van der Waals surface area contributed by atoms with E-state index in [1.165, 1.54) is 25.3 Å². The van der Waals surface area contributed by atoms with Crippen molar-refractivity contribution >= 4 is 17.2 Å². The molecule has 0 fully saturated rings. The monoisotopic (exact) mass is 341 g/mol. The minimum atomic E-state index is -4.40. The van der Waals surface area contributed by atoms with Crippen LogP contribution in [0.4, 0.5) is 13.2 Å². The molecule has 0 amide bonds. The lowest BCUT2D eigenvalue weighted by atomic mass is 9.97. The van der Waals surface area contributed by atoms with Crippen LogP contribution in [-0.2, 0) is 12.6 Å². The first-order chi connectivity index (χ1) is 10.8. The summed E-state index contributed by atoms with van der Waals surface area (Å²) in [5.74, 6) is 0. The first-order valence-electron chi connectivity index (χ1n) is 6.68. The van der Waals surface area contributed by atoms with Gasteiger partial charge in [0.2, 0.25) is 0 Å². The highest BCUT2D eigenvalue weighted by Gasteiger charge is 2.32. The second-order valence-corrected chi connectivity index (χ2v) is 5.56. The number of H-pyrrole nitrogens is 1. The summed E-state index contributed by atoms with van der Waals surface area (Å²) in [5.41, 5.74) is 0.555. The van der Waals surface area contributed by atoms with Crippen LogP contribution in [0.15, 0.2) is 35.3 Å². The summed E-state index contributed by atoms with van der Waals surface area (Å²) < 4.78 is 40.1. The Morgan fingerprint density at radius 3 is 2.74 bits per heavy atom. The summed E-state index contributed by atoms with van der Waals surface area (Å²) in [6.45, 7) is 1.43. The molecular formula is C15H11ClF3N3O. The number of hydrogen-bond donors (Lipinski definition) is 1. The van der Waals surface area contributed by atoms with E-state index in [9.17, 15) is 18.0 Å². The number of aromatic amines is 1. The van der Waals surface area contributed by atoms with Gasteiger partial charge in [0.15, 0.2) is 0 Å². The molecule has 0 unspecified atom stereocenters. The number of benzene rings is 1. The number of nitrogens with zero attached hydrogens (tertiary/aromatic N) is 2. The van der Waals surface area contributed by atoms with Crippen LogP contribution in [-0.4, -0.2) is 14.6 Å². The largest absolute Gasteiger partial charge is 0.416 e. The molecule has 1 N–H and O–H groups in total. The van der Waals surface area contributed by atoms with Crippen molar-refractivity contribution in [3.8, 4) is 0 Å². The summed E-state index contributed by atoms with van der Waals surface area (Å²) in [6.07, 6.45) is -2.75. The maximum absolute atomic E-state index is 13.0. The molecule has 0 bridgehead atoms. The summed E-state index contributed by atoms with van der Waals surface area (Å²) in [4.78, 5) is 14.6. The molecule has 1 aromatic carbocycles. The smallest absolute Gasteiger partial charge is 0.330 e. The lowest BCUT2D eigenvalue weighted by molar-refractivity contribution is -0.138. The van der Waals surface area contributed by atoms with Crippen molar-refractivity contribution in [1.82, 2.24) is 14.6 Å². The molecule has 0 saturated carbocycles. The van der Waals surface area contributed by atoms with Gasteiger partial charge in [-0.25, -0.2) is 0 Å². The molecule has 8 heteroatoms. The van der Waals surface area contributed by atoms with Gasteiger partial charge in [0.1, 0.15) is 10.8 Å². The normalized spacial score (nSPS) is 12.0. The first kappa shape index (κ1) is 15.6. The number of rotatable bonds is 2.